The van der Waals surface area contributed by atoms with Crippen molar-refractivity contribution in [2.45, 2.75) is 45.1 Å². The summed E-state index contributed by atoms with van der Waals surface area (Å²) in [5.74, 6) is -0.989. The molecule has 0 saturated heterocycles. The highest BCUT2D eigenvalue weighted by molar-refractivity contribution is 5.96. The number of ether oxygens (including phenoxy) is 2. The minimum absolute atomic E-state index is 0.0417. The fourth-order valence-electron chi connectivity index (χ4n) is 2.66. The first-order valence-corrected chi connectivity index (χ1v) is 9.09. The van der Waals surface area contributed by atoms with E-state index in [0.29, 0.717) is 0 Å². The molecule has 8 nitrogen and oxygen atoms in total. The molecule has 0 spiro atoms. The first-order valence-electron chi connectivity index (χ1n) is 9.09. The highest BCUT2D eigenvalue weighted by Gasteiger charge is 2.46. The molecule has 156 valence electrons. The fraction of sp³-hybridized carbons (Fsp3) is 0.550. The Balaban J connectivity index is 3.02. The molecule has 0 saturated carbocycles. The van der Waals surface area contributed by atoms with Gasteiger partial charge in [0.25, 0.3) is 0 Å². The molecule has 1 atom stereocenters. The third kappa shape index (κ3) is 6.61. The van der Waals surface area contributed by atoms with Gasteiger partial charge in [-0.2, -0.15) is 0 Å². The average molecular weight is 393 g/mol. The van der Waals surface area contributed by atoms with Crippen LogP contribution in [0, 0.1) is 0 Å². The maximum atomic E-state index is 12.8. The molecule has 2 N–H and O–H groups in total. The first kappa shape index (κ1) is 23.6. The van der Waals surface area contributed by atoms with Crippen LogP contribution in [-0.4, -0.2) is 61.7 Å². The van der Waals surface area contributed by atoms with Gasteiger partial charge in [0.1, 0.15) is 12.2 Å². The summed E-state index contributed by atoms with van der Waals surface area (Å²) < 4.78 is 10.7. The van der Waals surface area contributed by atoms with Gasteiger partial charge in [-0.3, -0.25) is 19.8 Å². The van der Waals surface area contributed by atoms with Gasteiger partial charge >= 0.3 is 12.1 Å². The van der Waals surface area contributed by atoms with E-state index < -0.39 is 23.3 Å². The average Bonchev–Trinajstić information content (AvgIpc) is 2.63. The molecule has 8 heteroatoms. The monoisotopic (exact) mass is 393 g/mol. The van der Waals surface area contributed by atoms with Crippen LogP contribution in [0.25, 0.3) is 0 Å². The highest BCUT2D eigenvalue weighted by Crippen LogP contribution is 2.21. The number of nitrogens with zero attached hydrogens (tertiary/aromatic N) is 1. The third-order valence-electron chi connectivity index (χ3n) is 4.08. The molecule has 1 aromatic carbocycles. The molecule has 1 rings (SSSR count). The second-order valence-corrected chi connectivity index (χ2v) is 7.43. The summed E-state index contributed by atoms with van der Waals surface area (Å²) >= 11 is 0. The van der Waals surface area contributed by atoms with Crippen molar-refractivity contribution in [2.75, 3.05) is 27.7 Å². The Hall–Kier alpha value is -2.45. The second kappa shape index (κ2) is 10.2. The second-order valence-electron chi connectivity index (χ2n) is 7.43. The van der Waals surface area contributed by atoms with Crippen LogP contribution in [0.2, 0.25) is 0 Å². The number of likely N-dealkylation sites (N-methyl/N-ethyl adjacent to an activating group) is 3. The maximum Gasteiger partial charge on any atom is 0.411 e. The topological polar surface area (TPSA) is 97.0 Å². The normalized spacial score (nSPS) is 13.4. The van der Waals surface area contributed by atoms with Gasteiger partial charge < -0.3 is 14.8 Å². The summed E-state index contributed by atoms with van der Waals surface area (Å²) in [7, 11) is 4.54. The number of hydrogen-bond donors (Lipinski definition) is 2. The molecular weight excluding hydrogens is 362 g/mol. The Bertz CT molecular complexity index is 672. The van der Waals surface area contributed by atoms with Crippen LogP contribution in [0.1, 0.15) is 32.8 Å². The van der Waals surface area contributed by atoms with Crippen LogP contribution >= 0.6 is 0 Å². The number of rotatable bonds is 9. The smallest absolute Gasteiger partial charge is 0.411 e. The van der Waals surface area contributed by atoms with Gasteiger partial charge in [-0.15, -0.1) is 0 Å². The van der Waals surface area contributed by atoms with Gasteiger partial charge in [-0.25, -0.2) is 4.79 Å². The van der Waals surface area contributed by atoms with Crippen molar-refractivity contribution in [3.8, 4) is 0 Å². The van der Waals surface area contributed by atoms with E-state index in [0.717, 1.165) is 10.5 Å². The largest absolute Gasteiger partial charge is 0.460 e. The first-order chi connectivity index (χ1) is 13.1. The maximum absolute atomic E-state index is 12.8. The number of carbonyl (C=O) groups is 3. The van der Waals surface area contributed by atoms with Crippen molar-refractivity contribution in [3.05, 3.63) is 35.9 Å². The van der Waals surface area contributed by atoms with Gasteiger partial charge in [-0.05, 0) is 40.4 Å². The minimum Gasteiger partial charge on any atom is -0.460 e. The molecule has 0 fully saturated rings. The Morgan fingerprint density at radius 1 is 1.07 bits per heavy atom. The van der Waals surface area contributed by atoms with E-state index in [9.17, 15) is 14.4 Å². The zero-order valence-electron chi connectivity index (χ0n) is 17.5. The molecule has 0 aliphatic rings. The number of nitrogens with one attached hydrogen (secondary N) is 2. The van der Waals surface area contributed by atoms with E-state index in [1.807, 2.05) is 30.3 Å². The minimum atomic E-state index is -1.60. The lowest BCUT2D eigenvalue weighted by Gasteiger charge is -2.39. The molecule has 0 aliphatic heterocycles. The van der Waals surface area contributed by atoms with Crippen LogP contribution in [0.15, 0.2) is 30.3 Å². The lowest BCUT2D eigenvalue weighted by atomic mass is 9.98. The Morgan fingerprint density at radius 3 is 2.18 bits per heavy atom. The van der Waals surface area contributed by atoms with Crippen LogP contribution < -0.4 is 10.6 Å². The SMILES string of the molecule is CNCC(=O)C(CC(=O)OC(C)(C)C)(NC)N(C)C(=O)OCc1ccccc1. The van der Waals surface area contributed by atoms with Crippen LogP contribution in [-0.2, 0) is 25.7 Å². The number of Topliss-reactive ketones (excluding diaryl/α,β-unsaturated/α-hetero) is 1. The number of carbonyl (C=O) groups excluding carboxylic acids is 3. The predicted molar refractivity (Wildman–Crippen MR) is 106 cm³/mol. The van der Waals surface area contributed by atoms with E-state index >= 15 is 0 Å². The quantitative estimate of drug-likeness (QED) is 0.487. The fourth-order valence-corrected chi connectivity index (χ4v) is 2.66. The van der Waals surface area contributed by atoms with E-state index in [4.69, 9.17) is 9.47 Å². The summed E-state index contributed by atoms with van der Waals surface area (Å²) in [6.07, 6.45) is -1.08. The molecule has 0 heterocycles. The van der Waals surface area contributed by atoms with Crippen molar-refractivity contribution in [1.29, 1.82) is 0 Å². The molecular formula is C20H31N3O5. The molecule has 0 aromatic heterocycles. The van der Waals surface area contributed by atoms with Crippen molar-refractivity contribution in [3.63, 3.8) is 0 Å². The summed E-state index contributed by atoms with van der Waals surface area (Å²) in [6, 6.07) is 9.19. The Morgan fingerprint density at radius 2 is 1.68 bits per heavy atom. The Kier molecular flexibility index (Phi) is 8.59. The number of esters is 1. The number of hydrogen-bond acceptors (Lipinski definition) is 7. The van der Waals surface area contributed by atoms with Crippen LogP contribution in [0.4, 0.5) is 4.79 Å². The van der Waals surface area contributed by atoms with Gasteiger partial charge in [-0.1, -0.05) is 30.3 Å². The van der Waals surface area contributed by atoms with E-state index in [-0.39, 0.29) is 25.4 Å². The van der Waals surface area contributed by atoms with E-state index in [1.165, 1.54) is 14.1 Å². The Labute approximate surface area is 166 Å². The molecule has 0 aliphatic carbocycles. The predicted octanol–water partition coefficient (Wildman–Crippen LogP) is 1.69. The van der Waals surface area contributed by atoms with Crippen LogP contribution in [0.3, 0.4) is 0 Å². The summed E-state index contributed by atoms with van der Waals surface area (Å²) in [5.41, 5.74) is -1.50. The summed E-state index contributed by atoms with van der Waals surface area (Å²) in [5, 5.41) is 5.59. The standard InChI is InChI=1S/C20H31N3O5/c1-19(2,3)28-17(25)12-20(22-5,16(24)13-21-4)23(6)18(26)27-14-15-10-8-7-9-11-15/h7-11,21-22H,12-14H2,1-6H3. The van der Waals surface area contributed by atoms with Gasteiger partial charge in [0.05, 0.1) is 13.0 Å². The molecule has 0 radical (unpaired) electrons. The molecule has 1 aromatic rings. The van der Waals surface area contributed by atoms with Crippen molar-refractivity contribution >= 4 is 17.8 Å². The zero-order chi connectivity index (χ0) is 21.4. The summed E-state index contributed by atoms with van der Waals surface area (Å²) in [4.78, 5) is 39.0. The number of amides is 1. The molecule has 0 bridgehead atoms. The number of ketones is 1. The van der Waals surface area contributed by atoms with E-state index in [2.05, 4.69) is 10.6 Å². The lowest BCUT2D eigenvalue weighted by molar-refractivity contribution is -0.161. The highest BCUT2D eigenvalue weighted by atomic mass is 16.6. The van der Waals surface area contributed by atoms with Crippen molar-refractivity contribution in [2.24, 2.45) is 0 Å². The van der Waals surface area contributed by atoms with Gasteiger partial charge in [0, 0.05) is 7.05 Å². The lowest BCUT2D eigenvalue weighted by Crippen LogP contribution is -2.66. The zero-order valence-corrected chi connectivity index (χ0v) is 17.5. The molecule has 1 unspecified atom stereocenters. The number of benzene rings is 1. The molecule has 28 heavy (non-hydrogen) atoms. The molecule has 1 amide bonds. The van der Waals surface area contributed by atoms with E-state index in [1.54, 1.807) is 27.8 Å². The van der Waals surface area contributed by atoms with Gasteiger partial charge in [0.15, 0.2) is 11.4 Å². The van der Waals surface area contributed by atoms with Gasteiger partial charge in [0.2, 0.25) is 0 Å². The van der Waals surface area contributed by atoms with Crippen LogP contribution in [0.5, 0.6) is 0 Å². The van der Waals surface area contributed by atoms with Crippen molar-refractivity contribution < 1.29 is 23.9 Å². The third-order valence-corrected chi connectivity index (χ3v) is 4.08. The van der Waals surface area contributed by atoms with Crippen molar-refractivity contribution in [1.82, 2.24) is 15.5 Å². The summed E-state index contributed by atoms with van der Waals surface area (Å²) in [6.45, 7) is 5.22.